The van der Waals surface area contributed by atoms with Crippen LogP contribution in [0.5, 0.6) is 0 Å². The van der Waals surface area contributed by atoms with E-state index < -0.39 is 11.6 Å². The number of rotatable bonds is 5. The van der Waals surface area contributed by atoms with Gasteiger partial charge in [0.15, 0.2) is 17.5 Å². The second-order valence-electron chi connectivity index (χ2n) is 5.95. The van der Waals surface area contributed by atoms with E-state index in [4.69, 9.17) is 0 Å². The summed E-state index contributed by atoms with van der Waals surface area (Å²) in [7, 11) is 0. The molecule has 0 radical (unpaired) electrons. The predicted octanol–water partition coefficient (Wildman–Crippen LogP) is 3.33. The topological polar surface area (TPSA) is 73.8 Å². The van der Waals surface area contributed by atoms with Crippen LogP contribution in [-0.2, 0) is 0 Å². The largest absolute Gasteiger partial charge is 0.394 e. The highest BCUT2D eigenvalue weighted by molar-refractivity contribution is 5.88. The van der Waals surface area contributed by atoms with Crippen molar-refractivity contribution in [2.75, 3.05) is 11.9 Å². The molecule has 0 spiro atoms. The second-order valence-corrected chi connectivity index (χ2v) is 5.95. The van der Waals surface area contributed by atoms with Crippen LogP contribution in [0, 0.1) is 17.6 Å². The van der Waals surface area contributed by atoms with E-state index in [2.05, 4.69) is 20.3 Å². The van der Waals surface area contributed by atoms with Gasteiger partial charge in [0.2, 0.25) is 0 Å². The van der Waals surface area contributed by atoms with E-state index in [-0.39, 0.29) is 18.6 Å². The van der Waals surface area contributed by atoms with E-state index in [1.54, 1.807) is 12.3 Å². The van der Waals surface area contributed by atoms with Crippen LogP contribution in [-0.4, -0.2) is 32.7 Å². The lowest BCUT2D eigenvalue weighted by Gasteiger charge is -2.20. The van der Waals surface area contributed by atoms with Crippen LogP contribution in [0.3, 0.4) is 0 Å². The van der Waals surface area contributed by atoms with Crippen LogP contribution >= 0.6 is 0 Å². The molecule has 24 heavy (non-hydrogen) atoms. The molecule has 0 bridgehead atoms. The number of aromatic nitrogens is 3. The highest BCUT2D eigenvalue weighted by atomic mass is 19.2. The van der Waals surface area contributed by atoms with Crippen molar-refractivity contribution in [2.45, 2.75) is 19.9 Å². The quantitative estimate of drug-likeness (QED) is 0.670. The number of pyridine rings is 1. The molecule has 7 heteroatoms. The molecule has 3 aromatic rings. The number of benzene rings is 1. The molecular formula is C17H18F2N4O. The molecule has 0 aliphatic heterocycles. The average molecular weight is 332 g/mol. The molecule has 0 aliphatic rings. The van der Waals surface area contributed by atoms with Gasteiger partial charge in [-0.2, -0.15) is 0 Å². The highest BCUT2D eigenvalue weighted by Crippen LogP contribution is 2.26. The summed E-state index contributed by atoms with van der Waals surface area (Å²) < 4.78 is 26.5. The summed E-state index contributed by atoms with van der Waals surface area (Å²) in [6.07, 6.45) is 1.62. The molecule has 126 valence electrons. The van der Waals surface area contributed by atoms with E-state index in [0.29, 0.717) is 28.2 Å². The van der Waals surface area contributed by atoms with Crippen molar-refractivity contribution in [3.05, 3.63) is 42.1 Å². The number of hydrogen-bond acceptors (Lipinski definition) is 4. The number of nitrogens with zero attached hydrogens (tertiary/aromatic N) is 2. The summed E-state index contributed by atoms with van der Waals surface area (Å²) in [5, 5.41) is 12.7. The lowest BCUT2D eigenvalue weighted by atomic mass is 10.1. The van der Waals surface area contributed by atoms with Gasteiger partial charge in [0, 0.05) is 11.8 Å². The third-order valence-electron chi connectivity index (χ3n) is 3.92. The maximum atomic E-state index is 13.4. The van der Waals surface area contributed by atoms with Crippen molar-refractivity contribution in [3.8, 4) is 11.4 Å². The van der Waals surface area contributed by atoms with Gasteiger partial charge in [-0.1, -0.05) is 13.8 Å². The van der Waals surface area contributed by atoms with Gasteiger partial charge in [0.1, 0.15) is 11.3 Å². The molecule has 0 aliphatic carbocycles. The number of hydrogen-bond donors (Lipinski definition) is 3. The summed E-state index contributed by atoms with van der Waals surface area (Å²) in [5.74, 6) is -0.668. The van der Waals surface area contributed by atoms with Crippen molar-refractivity contribution in [1.29, 1.82) is 0 Å². The lowest BCUT2D eigenvalue weighted by molar-refractivity contribution is 0.249. The number of aliphatic hydroxyl groups is 1. The minimum absolute atomic E-state index is 0.0316. The second kappa shape index (κ2) is 6.52. The van der Waals surface area contributed by atoms with Crippen molar-refractivity contribution in [2.24, 2.45) is 5.92 Å². The molecule has 2 aromatic heterocycles. The Morgan fingerprint density at radius 1 is 1.21 bits per heavy atom. The SMILES string of the molecule is CC(C)[C@@H](CO)Nc1nccc2[nH]c(-c3ccc(F)c(F)c3)nc12. The Labute approximate surface area is 137 Å². The van der Waals surface area contributed by atoms with Gasteiger partial charge in [-0.3, -0.25) is 0 Å². The first kappa shape index (κ1) is 16.3. The maximum Gasteiger partial charge on any atom is 0.159 e. The van der Waals surface area contributed by atoms with Crippen LogP contribution in [0.1, 0.15) is 13.8 Å². The van der Waals surface area contributed by atoms with Gasteiger partial charge in [0.05, 0.1) is 18.2 Å². The third-order valence-corrected chi connectivity index (χ3v) is 3.92. The third kappa shape index (κ3) is 3.07. The fraction of sp³-hybridized carbons (Fsp3) is 0.294. The van der Waals surface area contributed by atoms with E-state index in [1.165, 1.54) is 6.07 Å². The van der Waals surface area contributed by atoms with Gasteiger partial charge in [-0.05, 0) is 30.2 Å². The summed E-state index contributed by atoms with van der Waals surface area (Å²) in [6.45, 7) is 3.95. The number of H-pyrrole nitrogens is 1. The Morgan fingerprint density at radius 2 is 2.00 bits per heavy atom. The summed E-state index contributed by atoms with van der Waals surface area (Å²) in [5.41, 5.74) is 1.74. The molecule has 0 unspecified atom stereocenters. The number of aliphatic hydroxyl groups excluding tert-OH is 1. The fourth-order valence-corrected chi connectivity index (χ4v) is 2.42. The smallest absolute Gasteiger partial charge is 0.159 e. The number of fused-ring (bicyclic) bond motifs is 1. The molecule has 0 saturated carbocycles. The zero-order valence-corrected chi connectivity index (χ0v) is 13.3. The Hall–Kier alpha value is -2.54. The van der Waals surface area contributed by atoms with E-state index >= 15 is 0 Å². The zero-order valence-electron chi connectivity index (χ0n) is 13.3. The molecule has 1 atom stereocenters. The van der Waals surface area contributed by atoms with Crippen LogP contribution in [0.15, 0.2) is 30.5 Å². The Morgan fingerprint density at radius 3 is 2.67 bits per heavy atom. The summed E-state index contributed by atoms with van der Waals surface area (Å²) in [4.78, 5) is 11.8. The Balaban J connectivity index is 2.02. The minimum Gasteiger partial charge on any atom is -0.394 e. The number of imidazole rings is 1. The Kier molecular flexibility index (Phi) is 4.44. The zero-order chi connectivity index (χ0) is 17.3. The molecular weight excluding hydrogens is 314 g/mol. The maximum absolute atomic E-state index is 13.4. The predicted molar refractivity (Wildman–Crippen MR) is 88.6 cm³/mol. The molecule has 3 rings (SSSR count). The fourth-order valence-electron chi connectivity index (χ4n) is 2.42. The molecule has 3 N–H and O–H groups in total. The van der Waals surface area contributed by atoms with E-state index in [1.807, 2.05) is 13.8 Å². The number of anilines is 1. The number of halogens is 2. The highest BCUT2D eigenvalue weighted by Gasteiger charge is 2.16. The minimum atomic E-state index is -0.926. The first-order chi connectivity index (χ1) is 11.5. The first-order valence-electron chi connectivity index (χ1n) is 7.67. The Bertz CT molecular complexity index is 863. The van der Waals surface area contributed by atoms with Gasteiger partial charge >= 0.3 is 0 Å². The summed E-state index contributed by atoms with van der Waals surface area (Å²) in [6, 6.07) is 5.21. The molecule has 2 heterocycles. The van der Waals surface area contributed by atoms with Crippen LogP contribution < -0.4 is 5.32 Å². The van der Waals surface area contributed by atoms with Crippen LogP contribution in [0.4, 0.5) is 14.6 Å². The molecule has 1 aromatic carbocycles. The molecule has 5 nitrogen and oxygen atoms in total. The first-order valence-corrected chi connectivity index (χ1v) is 7.67. The molecule has 0 amide bonds. The van der Waals surface area contributed by atoms with Crippen molar-refractivity contribution in [3.63, 3.8) is 0 Å². The van der Waals surface area contributed by atoms with Gasteiger partial charge < -0.3 is 15.4 Å². The number of aromatic amines is 1. The molecule has 0 fully saturated rings. The van der Waals surface area contributed by atoms with Crippen molar-refractivity contribution < 1.29 is 13.9 Å². The number of nitrogens with one attached hydrogen (secondary N) is 2. The van der Waals surface area contributed by atoms with Crippen molar-refractivity contribution in [1.82, 2.24) is 15.0 Å². The van der Waals surface area contributed by atoms with Crippen molar-refractivity contribution >= 4 is 16.9 Å². The van der Waals surface area contributed by atoms with Crippen LogP contribution in [0.25, 0.3) is 22.4 Å². The standard InChI is InChI=1S/C17H18F2N4O/c1-9(2)14(8-24)22-17-15-13(5-6-20-17)21-16(23-15)10-3-4-11(18)12(19)7-10/h3-7,9,14,24H,8H2,1-2H3,(H,20,22)(H,21,23)/t14-/m1/s1. The van der Waals surface area contributed by atoms with E-state index in [0.717, 1.165) is 12.1 Å². The van der Waals surface area contributed by atoms with Crippen LogP contribution in [0.2, 0.25) is 0 Å². The van der Waals surface area contributed by atoms with Gasteiger partial charge in [0.25, 0.3) is 0 Å². The summed E-state index contributed by atoms with van der Waals surface area (Å²) >= 11 is 0. The molecule has 0 saturated heterocycles. The normalized spacial score (nSPS) is 12.8. The van der Waals surface area contributed by atoms with E-state index in [9.17, 15) is 13.9 Å². The monoisotopic (exact) mass is 332 g/mol. The van der Waals surface area contributed by atoms with Gasteiger partial charge in [-0.25, -0.2) is 18.7 Å². The van der Waals surface area contributed by atoms with Gasteiger partial charge in [-0.15, -0.1) is 0 Å². The average Bonchev–Trinajstić information content (AvgIpc) is 2.99. The lowest BCUT2D eigenvalue weighted by Crippen LogP contribution is -2.29.